The fraction of sp³-hybridized carbons (Fsp3) is 0.680. The maximum absolute atomic E-state index is 5.65. The number of nitrogens with one attached hydrogen (secondary N) is 1. The minimum absolute atomic E-state index is 0.125. The van der Waals surface area contributed by atoms with E-state index in [2.05, 4.69) is 50.5 Å². The third-order valence-corrected chi connectivity index (χ3v) is 7.40. The van der Waals surface area contributed by atoms with Gasteiger partial charge < -0.3 is 9.47 Å². The van der Waals surface area contributed by atoms with Gasteiger partial charge in [0.1, 0.15) is 5.76 Å². The Morgan fingerprint density at radius 1 is 1.28 bits per heavy atom. The van der Waals surface area contributed by atoms with Gasteiger partial charge in [0, 0.05) is 11.2 Å². The second-order valence-corrected chi connectivity index (χ2v) is 9.77. The van der Waals surface area contributed by atoms with Crippen LogP contribution in [0.4, 0.5) is 0 Å². The van der Waals surface area contributed by atoms with Crippen molar-refractivity contribution in [2.24, 2.45) is 5.41 Å². The van der Waals surface area contributed by atoms with Crippen molar-refractivity contribution in [1.82, 2.24) is 4.72 Å². The van der Waals surface area contributed by atoms with Crippen molar-refractivity contribution in [3.8, 4) is 0 Å². The molecule has 0 aromatic carbocycles. The van der Waals surface area contributed by atoms with E-state index in [1.165, 1.54) is 25.7 Å². The van der Waals surface area contributed by atoms with Crippen molar-refractivity contribution in [3.05, 3.63) is 49.5 Å². The summed E-state index contributed by atoms with van der Waals surface area (Å²) in [6, 6.07) is 0.125. The summed E-state index contributed by atoms with van der Waals surface area (Å²) in [6.45, 7) is 19.4. The topological polar surface area (TPSA) is 30.5 Å². The Labute approximate surface area is 184 Å². The molecule has 0 radical (unpaired) electrons. The summed E-state index contributed by atoms with van der Waals surface area (Å²) in [7, 11) is 1.71. The maximum Gasteiger partial charge on any atom is 0.106 e. The molecule has 1 unspecified atom stereocenters. The average molecular weight is 422 g/mol. The van der Waals surface area contributed by atoms with E-state index in [1.807, 2.05) is 24.9 Å². The van der Waals surface area contributed by atoms with Crippen molar-refractivity contribution >= 4 is 11.9 Å². The van der Waals surface area contributed by atoms with E-state index < -0.39 is 0 Å². The van der Waals surface area contributed by atoms with Crippen LogP contribution in [0.1, 0.15) is 78.6 Å². The van der Waals surface area contributed by atoms with E-state index in [0.717, 1.165) is 43.6 Å². The number of hydrogen-bond donors (Lipinski definition) is 1. The summed E-state index contributed by atoms with van der Waals surface area (Å²) in [5, 5.41) is 0. The van der Waals surface area contributed by atoms with Gasteiger partial charge in [-0.3, -0.25) is 4.72 Å². The molecule has 1 saturated carbocycles. The SMILES string of the molecule is C=CCC(C)(/C=C\CC[C@@H](NSC1(CC(=C)OCC)CCCC1)C(=C)OC)CC. The highest BCUT2D eigenvalue weighted by molar-refractivity contribution is 7.98. The molecule has 1 aliphatic rings. The molecule has 0 amide bonds. The molecular formula is C25H43NO2S. The van der Waals surface area contributed by atoms with E-state index in [0.29, 0.717) is 6.61 Å². The molecule has 0 aliphatic heterocycles. The predicted molar refractivity (Wildman–Crippen MR) is 129 cm³/mol. The van der Waals surface area contributed by atoms with Crippen LogP contribution in [0.3, 0.4) is 0 Å². The summed E-state index contributed by atoms with van der Waals surface area (Å²) < 4.78 is 15.0. The molecule has 0 spiro atoms. The fourth-order valence-electron chi connectivity index (χ4n) is 3.86. The van der Waals surface area contributed by atoms with Crippen molar-refractivity contribution in [3.63, 3.8) is 0 Å². The largest absolute Gasteiger partial charge is 0.500 e. The monoisotopic (exact) mass is 421 g/mol. The molecule has 0 saturated heterocycles. The second-order valence-electron chi connectivity index (χ2n) is 8.46. The van der Waals surface area contributed by atoms with Gasteiger partial charge in [0.05, 0.1) is 25.5 Å². The highest BCUT2D eigenvalue weighted by Gasteiger charge is 2.36. The molecule has 2 atom stereocenters. The maximum atomic E-state index is 5.65. The lowest BCUT2D eigenvalue weighted by Crippen LogP contribution is -2.33. The van der Waals surface area contributed by atoms with Crippen molar-refractivity contribution < 1.29 is 9.47 Å². The van der Waals surface area contributed by atoms with Crippen molar-refractivity contribution in [1.29, 1.82) is 0 Å². The van der Waals surface area contributed by atoms with Crippen LogP contribution in [-0.2, 0) is 9.47 Å². The molecule has 4 heteroatoms. The highest BCUT2D eigenvalue weighted by atomic mass is 32.2. The zero-order chi connectivity index (χ0) is 21.8. The van der Waals surface area contributed by atoms with E-state index in [1.54, 1.807) is 7.11 Å². The molecule has 0 heterocycles. The van der Waals surface area contributed by atoms with Gasteiger partial charge in [0.15, 0.2) is 0 Å². The Balaban J connectivity index is 2.67. The molecule has 0 aromatic heterocycles. The molecule has 1 N–H and O–H groups in total. The van der Waals surface area contributed by atoms with Gasteiger partial charge in [-0.05, 0) is 50.9 Å². The van der Waals surface area contributed by atoms with Crippen molar-refractivity contribution in [2.75, 3.05) is 13.7 Å². The lowest BCUT2D eigenvalue weighted by Gasteiger charge is -2.31. The molecule has 0 aromatic rings. The van der Waals surface area contributed by atoms with Crippen LogP contribution in [0.25, 0.3) is 0 Å². The molecule has 166 valence electrons. The van der Waals surface area contributed by atoms with Crippen LogP contribution in [0, 0.1) is 5.41 Å². The number of rotatable bonds is 16. The Hall–Kier alpha value is -1.13. The molecule has 29 heavy (non-hydrogen) atoms. The van der Waals surface area contributed by atoms with Gasteiger partial charge >= 0.3 is 0 Å². The number of ether oxygens (including phenoxy) is 2. The molecule has 1 rings (SSSR count). The lowest BCUT2D eigenvalue weighted by atomic mass is 9.83. The van der Waals surface area contributed by atoms with E-state index in [-0.39, 0.29) is 16.2 Å². The van der Waals surface area contributed by atoms with Crippen LogP contribution in [-0.4, -0.2) is 24.5 Å². The summed E-state index contributed by atoms with van der Waals surface area (Å²) in [5.74, 6) is 1.70. The molecule has 1 aliphatic carbocycles. The highest BCUT2D eigenvalue weighted by Crippen LogP contribution is 2.45. The quantitative estimate of drug-likeness (QED) is 0.160. The number of allylic oxidation sites excluding steroid dienone is 4. The fourth-order valence-corrected chi connectivity index (χ4v) is 5.23. The normalized spacial score (nSPS) is 18.9. The van der Waals surface area contributed by atoms with Crippen molar-refractivity contribution in [2.45, 2.75) is 89.3 Å². The predicted octanol–water partition coefficient (Wildman–Crippen LogP) is 7.33. The van der Waals surface area contributed by atoms with E-state index in [9.17, 15) is 0 Å². The zero-order valence-corrected chi connectivity index (χ0v) is 20.0. The average Bonchev–Trinajstić information content (AvgIpc) is 3.15. The Morgan fingerprint density at radius 2 is 1.97 bits per heavy atom. The van der Waals surface area contributed by atoms with Gasteiger partial charge in [0.25, 0.3) is 0 Å². The first-order valence-electron chi connectivity index (χ1n) is 11.1. The second kappa shape index (κ2) is 13.2. The lowest BCUT2D eigenvalue weighted by molar-refractivity contribution is 0.212. The summed E-state index contributed by atoms with van der Waals surface area (Å²) in [4.78, 5) is 0. The van der Waals surface area contributed by atoms with Crippen LogP contribution in [0.5, 0.6) is 0 Å². The Bertz CT molecular complexity index is 551. The molecular weight excluding hydrogens is 378 g/mol. The van der Waals surface area contributed by atoms with Crippen LogP contribution >= 0.6 is 11.9 Å². The van der Waals surface area contributed by atoms with Crippen LogP contribution in [0.2, 0.25) is 0 Å². The Kier molecular flexibility index (Phi) is 11.8. The van der Waals surface area contributed by atoms with Crippen LogP contribution in [0.15, 0.2) is 49.5 Å². The van der Waals surface area contributed by atoms with Gasteiger partial charge in [-0.2, -0.15) is 0 Å². The molecule has 0 bridgehead atoms. The third-order valence-electron chi connectivity index (χ3n) is 6.01. The molecule has 3 nitrogen and oxygen atoms in total. The number of methoxy groups -OCH3 is 1. The summed E-state index contributed by atoms with van der Waals surface area (Å²) in [6.07, 6.45) is 16.6. The van der Waals surface area contributed by atoms with Crippen LogP contribution < -0.4 is 4.72 Å². The standard InChI is InChI=1S/C25H43NO2S/c1-8-16-24(6,9-2)17-12-11-15-23(22(5)27-7)26-29-25(18-13-14-19-25)20-21(4)28-10-3/h8,12,17,23,26H,1,4-5,9-11,13-16,18-20H2,2-3,6-7H3/b17-12-/t23-,24?/m1/s1. The first-order chi connectivity index (χ1) is 13.8. The van der Waals surface area contributed by atoms with Gasteiger partial charge in [-0.25, -0.2) is 0 Å². The Morgan fingerprint density at radius 3 is 2.52 bits per heavy atom. The minimum atomic E-state index is 0.125. The minimum Gasteiger partial charge on any atom is -0.500 e. The van der Waals surface area contributed by atoms with Gasteiger partial charge in [-0.15, -0.1) is 6.58 Å². The zero-order valence-electron chi connectivity index (χ0n) is 19.2. The smallest absolute Gasteiger partial charge is 0.106 e. The van der Waals surface area contributed by atoms with E-state index in [4.69, 9.17) is 9.47 Å². The first-order valence-corrected chi connectivity index (χ1v) is 11.9. The van der Waals surface area contributed by atoms with Gasteiger partial charge in [-0.1, -0.05) is 70.0 Å². The van der Waals surface area contributed by atoms with Gasteiger partial charge in [0.2, 0.25) is 0 Å². The summed E-state index contributed by atoms with van der Waals surface area (Å²) >= 11 is 1.84. The molecule has 1 fully saturated rings. The number of hydrogen-bond acceptors (Lipinski definition) is 4. The van der Waals surface area contributed by atoms with E-state index >= 15 is 0 Å². The third kappa shape index (κ3) is 9.04. The summed E-state index contributed by atoms with van der Waals surface area (Å²) in [5.41, 5.74) is 0.200. The first kappa shape index (κ1) is 25.9.